The van der Waals surface area contributed by atoms with E-state index < -0.39 is 0 Å². The van der Waals surface area contributed by atoms with Crippen LogP contribution in [-0.4, -0.2) is 46.4 Å². The maximum Gasteiger partial charge on any atom is 0.270 e. The monoisotopic (exact) mass is 328 g/mol. The average molecular weight is 328 g/mol. The molecule has 1 fully saturated rings. The fourth-order valence-corrected chi connectivity index (χ4v) is 3.49. The number of imidazole rings is 1. The molecule has 2 aromatic rings. The lowest BCUT2D eigenvalue weighted by Crippen LogP contribution is -2.28. The van der Waals surface area contributed by atoms with Gasteiger partial charge in [-0.1, -0.05) is 13.0 Å². The normalized spacial score (nSPS) is 15.2. The van der Waals surface area contributed by atoms with Gasteiger partial charge in [0, 0.05) is 12.7 Å². The number of likely N-dealkylation sites (tertiary alicyclic amines) is 1. The molecule has 1 aliphatic heterocycles. The number of carbonyl (C=O) groups is 1. The zero-order valence-corrected chi connectivity index (χ0v) is 14.8. The van der Waals surface area contributed by atoms with Crippen LogP contribution in [-0.2, 0) is 6.42 Å². The second-order valence-corrected chi connectivity index (χ2v) is 6.66. The number of aromatic nitrogens is 2. The molecule has 3 rings (SSSR count). The summed E-state index contributed by atoms with van der Waals surface area (Å²) in [5, 5.41) is 3.08. The molecule has 1 saturated heterocycles. The van der Waals surface area contributed by atoms with Crippen LogP contribution in [0.1, 0.15) is 54.4 Å². The summed E-state index contributed by atoms with van der Waals surface area (Å²) in [5.74, 6) is -0.00822. The van der Waals surface area contributed by atoms with Crippen molar-refractivity contribution >= 4 is 11.6 Å². The summed E-state index contributed by atoms with van der Waals surface area (Å²) in [7, 11) is 0. The number of amides is 1. The van der Waals surface area contributed by atoms with Gasteiger partial charge in [0.25, 0.3) is 5.91 Å². The molecular weight excluding hydrogens is 300 g/mol. The average Bonchev–Trinajstić information content (AvgIpc) is 3.22. The Morgan fingerprint density at radius 2 is 2.08 bits per heavy atom. The number of nitrogens with one attached hydrogen (secondary N) is 1. The molecular formula is C19H28N4O. The molecule has 0 unspecified atom stereocenters. The van der Waals surface area contributed by atoms with Crippen LogP contribution in [0.25, 0.3) is 5.65 Å². The molecule has 1 N–H and O–H groups in total. The summed E-state index contributed by atoms with van der Waals surface area (Å²) in [6.45, 7) is 8.45. The van der Waals surface area contributed by atoms with Crippen molar-refractivity contribution in [2.45, 2.75) is 46.0 Å². The largest absolute Gasteiger partial charge is 0.351 e. The first-order valence-corrected chi connectivity index (χ1v) is 9.17. The highest BCUT2D eigenvalue weighted by Crippen LogP contribution is 2.16. The number of fused-ring (bicyclic) bond motifs is 1. The third kappa shape index (κ3) is 3.61. The molecule has 3 heterocycles. The SMILES string of the molecule is CCc1nc2c(C)cccn2c1C(=O)NCCCCN1CCCC1. The fraction of sp³-hybridized carbons (Fsp3) is 0.579. The minimum atomic E-state index is -0.00822. The Labute approximate surface area is 144 Å². The number of carbonyl (C=O) groups excluding carboxylic acids is 1. The molecule has 0 aromatic carbocycles. The first-order valence-electron chi connectivity index (χ1n) is 9.17. The summed E-state index contributed by atoms with van der Waals surface area (Å²) in [6.07, 6.45) is 7.54. The van der Waals surface area contributed by atoms with Gasteiger partial charge in [0.15, 0.2) is 0 Å². The molecule has 5 heteroatoms. The maximum absolute atomic E-state index is 12.6. The van der Waals surface area contributed by atoms with Gasteiger partial charge in [0.05, 0.1) is 5.69 Å². The highest BCUT2D eigenvalue weighted by molar-refractivity contribution is 5.94. The lowest BCUT2D eigenvalue weighted by atomic mass is 10.2. The molecule has 130 valence electrons. The second kappa shape index (κ2) is 7.79. The van der Waals surface area contributed by atoms with Crippen LogP contribution in [0.5, 0.6) is 0 Å². The molecule has 1 amide bonds. The van der Waals surface area contributed by atoms with Crippen molar-refractivity contribution in [3.8, 4) is 0 Å². The predicted molar refractivity (Wildman–Crippen MR) is 96.5 cm³/mol. The van der Waals surface area contributed by atoms with Gasteiger partial charge >= 0.3 is 0 Å². The van der Waals surface area contributed by atoms with Gasteiger partial charge in [-0.05, 0) is 70.3 Å². The van der Waals surface area contributed by atoms with E-state index in [1.807, 2.05) is 36.6 Å². The number of rotatable bonds is 7. The van der Waals surface area contributed by atoms with E-state index in [1.165, 1.54) is 25.9 Å². The standard InChI is InChI=1S/C19H28N4O/c1-3-16-17(23-14-8-9-15(2)18(23)21-16)19(24)20-10-4-5-11-22-12-6-7-13-22/h8-9,14H,3-7,10-13H2,1-2H3,(H,20,24). The molecule has 24 heavy (non-hydrogen) atoms. The Hall–Kier alpha value is -1.88. The Morgan fingerprint density at radius 1 is 1.29 bits per heavy atom. The highest BCUT2D eigenvalue weighted by Gasteiger charge is 2.18. The van der Waals surface area contributed by atoms with Crippen LogP contribution in [0.2, 0.25) is 0 Å². The third-order valence-electron chi connectivity index (χ3n) is 4.85. The topological polar surface area (TPSA) is 49.6 Å². The Morgan fingerprint density at radius 3 is 2.83 bits per heavy atom. The smallest absolute Gasteiger partial charge is 0.270 e. The summed E-state index contributed by atoms with van der Waals surface area (Å²) in [6, 6.07) is 4.00. The minimum absolute atomic E-state index is 0.00822. The molecule has 0 atom stereocenters. The summed E-state index contributed by atoms with van der Waals surface area (Å²) in [5.41, 5.74) is 3.54. The first-order chi connectivity index (χ1) is 11.7. The van der Waals surface area contributed by atoms with Crippen molar-refractivity contribution in [3.63, 3.8) is 0 Å². The van der Waals surface area contributed by atoms with E-state index in [0.29, 0.717) is 5.69 Å². The van der Waals surface area contributed by atoms with Gasteiger partial charge in [-0.15, -0.1) is 0 Å². The molecule has 0 radical (unpaired) electrons. The minimum Gasteiger partial charge on any atom is -0.351 e. The van der Waals surface area contributed by atoms with E-state index in [1.54, 1.807) is 0 Å². The number of nitrogens with zero attached hydrogens (tertiary/aromatic N) is 3. The van der Waals surface area contributed by atoms with E-state index in [2.05, 4.69) is 15.2 Å². The maximum atomic E-state index is 12.6. The van der Waals surface area contributed by atoms with Crippen molar-refractivity contribution < 1.29 is 4.79 Å². The summed E-state index contributed by atoms with van der Waals surface area (Å²) in [4.78, 5) is 19.8. The predicted octanol–water partition coefficient (Wildman–Crippen LogP) is 2.81. The lowest BCUT2D eigenvalue weighted by molar-refractivity contribution is 0.0946. The molecule has 1 aliphatic rings. The zero-order chi connectivity index (χ0) is 16.9. The van der Waals surface area contributed by atoms with Crippen LogP contribution >= 0.6 is 0 Å². The van der Waals surface area contributed by atoms with E-state index in [0.717, 1.165) is 49.3 Å². The Bertz CT molecular complexity index is 701. The van der Waals surface area contributed by atoms with Gasteiger partial charge < -0.3 is 10.2 Å². The van der Waals surface area contributed by atoms with Crippen LogP contribution in [0.3, 0.4) is 0 Å². The van der Waals surface area contributed by atoms with E-state index >= 15 is 0 Å². The number of unbranched alkanes of at least 4 members (excludes halogenated alkanes) is 1. The number of hydrogen-bond acceptors (Lipinski definition) is 3. The number of hydrogen-bond donors (Lipinski definition) is 1. The van der Waals surface area contributed by atoms with Gasteiger partial charge in [-0.3, -0.25) is 9.20 Å². The van der Waals surface area contributed by atoms with Gasteiger partial charge in [0.2, 0.25) is 0 Å². The van der Waals surface area contributed by atoms with Crippen molar-refractivity contribution in [1.82, 2.24) is 19.6 Å². The van der Waals surface area contributed by atoms with E-state index in [9.17, 15) is 4.79 Å². The van der Waals surface area contributed by atoms with Crippen LogP contribution in [0.4, 0.5) is 0 Å². The number of pyridine rings is 1. The lowest BCUT2D eigenvalue weighted by Gasteiger charge is -2.14. The van der Waals surface area contributed by atoms with Gasteiger partial charge in [-0.2, -0.15) is 0 Å². The molecule has 0 saturated carbocycles. The molecule has 0 aliphatic carbocycles. The third-order valence-corrected chi connectivity index (χ3v) is 4.85. The fourth-order valence-electron chi connectivity index (χ4n) is 3.49. The Kier molecular flexibility index (Phi) is 5.51. The number of aryl methyl sites for hydroxylation is 2. The molecule has 2 aromatic heterocycles. The van der Waals surface area contributed by atoms with E-state index in [-0.39, 0.29) is 5.91 Å². The second-order valence-electron chi connectivity index (χ2n) is 6.66. The van der Waals surface area contributed by atoms with Crippen molar-refractivity contribution in [2.24, 2.45) is 0 Å². The van der Waals surface area contributed by atoms with Gasteiger partial charge in [0.1, 0.15) is 11.3 Å². The van der Waals surface area contributed by atoms with Gasteiger partial charge in [-0.25, -0.2) is 4.98 Å². The first kappa shape index (κ1) is 17.0. The zero-order valence-electron chi connectivity index (χ0n) is 14.8. The van der Waals surface area contributed by atoms with Crippen LogP contribution in [0, 0.1) is 6.92 Å². The molecule has 0 spiro atoms. The van der Waals surface area contributed by atoms with E-state index in [4.69, 9.17) is 0 Å². The van der Waals surface area contributed by atoms with Crippen molar-refractivity contribution in [2.75, 3.05) is 26.2 Å². The Balaban J connectivity index is 1.58. The summed E-state index contributed by atoms with van der Waals surface area (Å²) < 4.78 is 1.92. The molecule has 0 bridgehead atoms. The van der Waals surface area contributed by atoms with Crippen molar-refractivity contribution in [3.05, 3.63) is 35.3 Å². The van der Waals surface area contributed by atoms with Crippen LogP contribution < -0.4 is 5.32 Å². The quantitative estimate of drug-likeness (QED) is 0.795. The van der Waals surface area contributed by atoms with Crippen LogP contribution in [0.15, 0.2) is 18.3 Å². The molecule has 5 nitrogen and oxygen atoms in total. The van der Waals surface area contributed by atoms with Crippen molar-refractivity contribution in [1.29, 1.82) is 0 Å². The highest BCUT2D eigenvalue weighted by atomic mass is 16.1. The summed E-state index contributed by atoms with van der Waals surface area (Å²) >= 11 is 0.